The summed E-state index contributed by atoms with van der Waals surface area (Å²) in [4.78, 5) is 22.2. The second kappa shape index (κ2) is 6.38. The standard InChI is InChI=1S/C23H18N4O3/c1-13-7-9-14(10-8-13)21-25-22-20-19(16-6-3-11-29-16)18-15(28)4-2-5-17(18)30-23(20)24-12-27(22)26-21/h3,6-12,19H,2,4-5H2,1H3. The molecule has 3 aromatic heterocycles. The molecule has 1 aliphatic heterocycles. The van der Waals surface area contributed by atoms with Crippen molar-refractivity contribution in [2.45, 2.75) is 32.1 Å². The monoisotopic (exact) mass is 398 g/mol. The number of nitrogens with zero attached hydrogens (tertiary/aromatic N) is 4. The van der Waals surface area contributed by atoms with Crippen LogP contribution < -0.4 is 4.74 Å². The molecule has 0 saturated carbocycles. The summed E-state index contributed by atoms with van der Waals surface area (Å²) >= 11 is 0. The molecule has 1 aromatic carbocycles. The molecule has 0 bridgehead atoms. The summed E-state index contributed by atoms with van der Waals surface area (Å²) in [5, 5.41) is 4.62. The number of aryl methyl sites for hydroxylation is 1. The smallest absolute Gasteiger partial charge is 0.228 e. The number of ether oxygens (including phenoxy) is 1. The first-order valence-electron chi connectivity index (χ1n) is 9.99. The van der Waals surface area contributed by atoms with Crippen LogP contribution in [0.5, 0.6) is 5.88 Å². The van der Waals surface area contributed by atoms with Crippen LogP contribution >= 0.6 is 0 Å². The maximum atomic E-state index is 12.9. The molecule has 0 fully saturated rings. The lowest BCUT2D eigenvalue weighted by molar-refractivity contribution is -0.116. The van der Waals surface area contributed by atoms with Gasteiger partial charge in [0.05, 0.1) is 17.7 Å². The number of fused-ring (bicyclic) bond motifs is 3. The Bertz CT molecular complexity index is 1320. The predicted molar refractivity (Wildman–Crippen MR) is 108 cm³/mol. The van der Waals surface area contributed by atoms with Gasteiger partial charge in [0.1, 0.15) is 17.8 Å². The van der Waals surface area contributed by atoms with E-state index in [0.717, 1.165) is 12.0 Å². The first-order valence-corrected chi connectivity index (χ1v) is 9.99. The summed E-state index contributed by atoms with van der Waals surface area (Å²) in [7, 11) is 0. The van der Waals surface area contributed by atoms with E-state index in [-0.39, 0.29) is 5.78 Å². The molecule has 0 amide bonds. The molecule has 2 aliphatic rings. The lowest BCUT2D eigenvalue weighted by Crippen LogP contribution is -2.26. The second-order valence-electron chi connectivity index (χ2n) is 7.70. The number of allylic oxidation sites excluding steroid dienone is 2. The van der Waals surface area contributed by atoms with Gasteiger partial charge in [-0.25, -0.2) is 14.5 Å². The van der Waals surface area contributed by atoms with Gasteiger partial charge in [-0.1, -0.05) is 29.8 Å². The summed E-state index contributed by atoms with van der Waals surface area (Å²) < 4.78 is 13.5. The summed E-state index contributed by atoms with van der Waals surface area (Å²) in [5.41, 5.74) is 4.06. The van der Waals surface area contributed by atoms with E-state index in [4.69, 9.17) is 14.1 Å². The Balaban J connectivity index is 1.59. The predicted octanol–water partition coefficient (Wildman–Crippen LogP) is 4.22. The van der Waals surface area contributed by atoms with E-state index >= 15 is 0 Å². The van der Waals surface area contributed by atoms with E-state index in [1.165, 1.54) is 5.56 Å². The third-order valence-corrected chi connectivity index (χ3v) is 5.73. The number of ketones is 1. The second-order valence-corrected chi connectivity index (χ2v) is 7.70. The molecule has 0 radical (unpaired) electrons. The van der Waals surface area contributed by atoms with Crippen molar-refractivity contribution < 1.29 is 13.9 Å². The maximum absolute atomic E-state index is 12.9. The van der Waals surface area contributed by atoms with Crippen LogP contribution in [0.1, 0.15) is 42.1 Å². The molecule has 7 nitrogen and oxygen atoms in total. The van der Waals surface area contributed by atoms with Gasteiger partial charge in [-0.15, -0.1) is 5.10 Å². The van der Waals surface area contributed by atoms with Crippen LogP contribution in [-0.4, -0.2) is 25.4 Å². The average molecular weight is 398 g/mol. The number of hydrogen-bond donors (Lipinski definition) is 0. The quantitative estimate of drug-likeness (QED) is 0.503. The first kappa shape index (κ1) is 17.1. The van der Waals surface area contributed by atoms with Crippen LogP contribution in [0.2, 0.25) is 0 Å². The third-order valence-electron chi connectivity index (χ3n) is 5.73. The van der Waals surface area contributed by atoms with Crippen LogP contribution in [0.15, 0.2) is 64.7 Å². The summed E-state index contributed by atoms with van der Waals surface area (Å²) in [6.07, 6.45) is 5.22. The van der Waals surface area contributed by atoms with Gasteiger partial charge in [-0.3, -0.25) is 4.79 Å². The third kappa shape index (κ3) is 2.51. The molecule has 7 heteroatoms. The molecular formula is C23H18N4O3. The lowest BCUT2D eigenvalue weighted by Gasteiger charge is -2.30. The van der Waals surface area contributed by atoms with Gasteiger partial charge in [0.25, 0.3) is 0 Å². The lowest BCUT2D eigenvalue weighted by atomic mass is 9.80. The van der Waals surface area contributed by atoms with Gasteiger partial charge in [0.2, 0.25) is 5.88 Å². The molecule has 4 aromatic rings. The molecule has 6 rings (SSSR count). The number of rotatable bonds is 2. The van der Waals surface area contributed by atoms with Crippen LogP contribution in [0.3, 0.4) is 0 Å². The van der Waals surface area contributed by atoms with E-state index in [1.54, 1.807) is 17.1 Å². The summed E-state index contributed by atoms with van der Waals surface area (Å²) in [6.45, 7) is 2.04. The topological polar surface area (TPSA) is 82.5 Å². The Morgan fingerprint density at radius 2 is 2.00 bits per heavy atom. The van der Waals surface area contributed by atoms with Crippen LogP contribution in [0.4, 0.5) is 0 Å². The summed E-state index contributed by atoms with van der Waals surface area (Å²) in [6, 6.07) is 11.8. The van der Waals surface area contributed by atoms with Crippen molar-refractivity contribution >= 4 is 11.4 Å². The Hall–Kier alpha value is -3.74. The highest BCUT2D eigenvalue weighted by Gasteiger charge is 2.40. The van der Waals surface area contributed by atoms with Crippen molar-refractivity contribution in [2.75, 3.05) is 0 Å². The Labute approximate surface area is 172 Å². The van der Waals surface area contributed by atoms with Gasteiger partial charge in [-0.05, 0) is 25.5 Å². The number of furan rings is 1. The van der Waals surface area contributed by atoms with Crippen molar-refractivity contribution in [3.8, 4) is 17.3 Å². The highest BCUT2D eigenvalue weighted by Crippen LogP contribution is 2.47. The number of aromatic nitrogens is 4. The van der Waals surface area contributed by atoms with E-state index in [2.05, 4.69) is 10.1 Å². The maximum Gasteiger partial charge on any atom is 0.228 e. The highest BCUT2D eigenvalue weighted by atomic mass is 16.5. The van der Waals surface area contributed by atoms with E-state index in [9.17, 15) is 4.79 Å². The first-order chi connectivity index (χ1) is 14.7. The molecule has 1 aliphatic carbocycles. The van der Waals surface area contributed by atoms with E-state index < -0.39 is 5.92 Å². The molecule has 0 spiro atoms. The number of benzene rings is 1. The zero-order valence-corrected chi connectivity index (χ0v) is 16.3. The van der Waals surface area contributed by atoms with Crippen molar-refractivity contribution in [1.82, 2.24) is 19.6 Å². The molecule has 0 saturated heterocycles. The van der Waals surface area contributed by atoms with Crippen molar-refractivity contribution in [1.29, 1.82) is 0 Å². The van der Waals surface area contributed by atoms with Crippen LogP contribution in [0, 0.1) is 6.92 Å². The Kier molecular flexibility index (Phi) is 3.65. The molecule has 4 heterocycles. The van der Waals surface area contributed by atoms with Gasteiger partial charge in [0, 0.05) is 24.0 Å². The molecule has 30 heavy (non-hydrogen) atoms. The van der Waals surface area contributed by atoms with Crippen molar-refractivity contribution in [3.05, 3.63) is 77.2 Å². The minimum absolute atomic E-state index is 0.0866. The van der Waals surface area contributed by atoms with E-state index in [0.29, 0.717) is 52.8 Å². The molecule has 148 valence electrons. The molecule has 1 unspecified atom stereocenters. The number of hydrogen-bond acceptors (Lipinski definition) is 6. The minimum Gasteiger partial charge on any atom is -0.468 e. The SMILES string of the molecule is Cc1ccc(-c2nc3c4c(ncn3n2)OC2=C(C(=O)CCC2)C4c2ccco2)cc1. The van der Waals surface area contributed by atoms with Gasteiger partial charge >= 0.3 is 0 Å². The van der Waals surface area contributed by atoms with Crippen LogP contribution in [-0.2, 0) is 4.79 Å². The largest absolute Gasteiger partial charge is 0.468 e. The molecular weight excluding hydrogens is 380 g/mol. The number of carbonyl (C=O) groups excluding carboxylic acids is 1. The minimum atomic E-state index is -0.405. The molecule has 0 N–H and O–H groups in total. The number of Topliss-reactive ketones (excluding diaryl/α,β-unsaturated/α-hetero) is 1. The zero-order chi connectivity index (χ0) is 20.2. The Morgan fingerprint density at radius 3 is 2.80 bits per heavy atom. The fourth-order valence-corrected chi connectivity index (χ4v) is 4.28. The van der Waals surface area contributed by atoms with Gasteiger partial charge in [0.15, 0.2) is 17.3 Å². The summed E-state index contributed by atoms with van der Waals surface area (Å²) in [5.74, 6) is 2.10. The Morgan fingerprint density at radius 1 is 1.13 bits per heavy atom. The van der Waals surface area contributed by atoms with Crippen molar-refractivity contribution in [3.63, 3.8) is 0 Å². The fraction of sp³-hybridized carbons (Fsp3) is 0.217. The van der Waals surface area contributed by atoms with Gasteiger partial charge < -0.3 is 9.15 Å². The average Bonchev–Trinajstić information content (AvgIpc) is 3.43. The highest BCUT2D eigenvalue weighted by molar-refractivity contribution is 5.99. The number of carbonyl (C=O) groups is 1. The van der Waals surface area contributed by atoms with Crippen molar-refractivity contribution in [2.24, 2.45) is 0 Å². The molecule has 1 atom stereocenters. The fourth-order valence-electron chi connectivity index (χ4n) is 4.28. The zero-order valence-electron chi connectivity index (χ0n) is 16.3. The normalized spacial score (nSPS) is 18.3. The van der Waals surface area contributed by atoms with Gasteiger partial charge in [-0.2, -0.15) is 0 Å². The van der Waals surface area contributed by atoms with Crippen LogP contribution in [0.25, 0.3) is 17.0 Å². The van der Waals surface area contributed by atoms with E-state index in [1.807, 2.05) is 43.3 Å².